The molecule has 0 spiro atoms. The summed E-state index contributed by atoms with van der Waals surface area (Å²) in [7, 11) is 0. The number of aromatic nitrogens is 2. The first-order chi connectivity index (χ1) is 15.0. The van der Waals surface area contributed by atoms with Crippen LogP contribution in [0.2, 0.25) is 0 Å². The molecule has 0 radical (unpaired) electrons. The Labute approximate surface area is 181 Å². The summed E-state index contributed by atoms with van der Waals surface area (Å²) in [4.78, 5) is 25.7. The summed E-state index contributed by atoms with van der Waals surface area (Å²) in [6.45, 7) is 3.83. The van der Waals surface area contributed by atoms with Gasteiger partial charge >= 0.3 is 0 Å². The van der Waals surface area contributed by atoms with Crippen LogP contribution in [0.15, 0.2) is 60.8 Å². The van der Waals surface area contributed by atoms with Gasteiger partial charge in [0.2, 0.25) is 5.91 Å². The fraction of sp³-hybridized carbons (Fsp3) is 0.333. The third-order valence-corrected chi connectivity index (χ3v) is 5.87. The number of rotatable bonds is 5. The Hall–Kier alpha value is -3.48. The molecule has 7 heteroatoms. The van der Waals surface area contributed by atoms with Crippen LogP contribution in [-0.2, 0) is 11.2 Å². The van der Waals surface area contributed by atoms with E-state index in [9.17, 15) is 14.9 Å². The van der Waals surface area contributed by atoms with E-state index >= 15 is 0 Å². The Bertz CT molecular complexity index is 1060. The van der Waals surface area contributed by atoms with Crippen molar-refractivity contribution in [2.75, 3.05) is 13.1 Å². The fourth-order valence-electron chi connectivity index (χ4n) is 4.02. The Morgan fingerprint density at radius 1 is 1.10 bits per heavy atom. The highest BCUT2D eigenvalue weighted by atomic mass is 16.6. The average molecular weight is 418 g/mol. The van der Waals surface area contributed by atoms with Gasteiger partial charge in [-0.15, -0.1) is 0 Å². The number of likely N-dealkylation sites (tertiary alicyclic amines) is 1. The molecule has 0 N–H and O–H groups in total. The topological polar surface area (TPSA) is 81.3 Å². The first-order valence-corrected chi connectivity index (χ1v) is 10.7. The summed E-state index contributed by atoms with van der Waals surface area (Å²) in [6.07, 6.45) is 5.37. The molecule has 31 heavy (non-hydrogen) atoms. The van der Waals surface area contributed by atoms with Crippen molar-refractivity contribution in [2.24, 2.45) is 5.92 Å². The van der Waals surface area contributed by atoms with Crippen molar-refractivity contribution in [3.05, 3.63) is 76.5 Å². The Balaban J connectivity index is 1.65. The maximum absolute atomic E-state index is 13.1. The van der Waals surface area contributed by atoms with Crippen molar-refractivity contribution < 1.29 is 9.72 Å². The van der Waals surface area contributed by atoms with Crippen molar-refractivity contribution in [3.63, 3.8) is 0 Å². The van der Waals surface area contributed by atoms with Crippen LogP contribution in [0.5, 0.6) is 0 Å². The first kappa shape index (κ1) is 20.8. The van der Waals surface area contributed by atoms with Gasteiger partial charge in [0.25, 0.3) is 5.69 Å². The Morgan fingerprint density at radius 2 is 1.84 bits per heavy atom. The minimum atomic E-state index is -0.420. The van der Waals surface area contributed by atoms with Gasteiger partial charge in [0.1, 0.15) is 0 Å². The number of nitrogens with zero attached hydrogens (tertiary/aromatic N) is 4. The third-order valence-electron chi connectivity index (χ3n) is 5.87. The van der Waals surface area contributed by atoms with E-state index in [2.05, 4.69) is 6.92 Å². The lowest BCUT2D eigenvalue weighted by Gasteiger charge is -2.20. The van der Waals surface area contributed by atoms with Crippen LogP contribution in [0.4, 0.5) is 5.69 Å². The number of hydrogen-bond donors (Lipinski definition) is 0. The molecular formula is C24H26N4O3. The molecule has 3 aromatic rings. The van der Waals surface area contributed by atoms with Crippen molar-refractivity contribution in [2.45, 2.75) is 32.6 Å². The normalized spacial score (nSPS) is 16.7. The van der Waals surface area contributed by atoms with E-state index in [-0.39, 0.29) is 18.0 Å². The molecule has 1 aromatic heterocycles. The molecule has 1 aliphatic rings. The highest BCUT2D eigenvalue weighted by Gasteiger charge is 2.22. The summed E-state index contributed by atoms with van der Waals surface area (Å²) < 4.78 is 1.77. The maximum Gasteiger partial charge on any atom is 0.269 e. The standard InChI is InChI=1S/C24H26N4O3/c1-18-6-5-14-26(15-13-18)23(29)16-20-17-27(21-7-3-2-4-8-21)25-24(20)19-9-11-22(12-10-19)28(30)31/h2-4,7-12,17-18H,5-6,13-16H2,1H3/t18-/m1/s1. The Kier molecular flexibility index (Phi) is 6.11. The van der Waals surface area contributed by atoms with Crippen molar-refractivity contribution in [3.8, 4) is 16.9 Å². The number of amides is 1. The zero-order chi connectivity index (χ0) is 21.8. The van der Waals surface area contributed by atoms with Gasteiger partial charge in [0.05, 0.1) is 22.7 Å². The second-order valence-corrected chi connectivity index (χ2v) is 8.18. The van der Waals surface area contributed by atoms with Crippen LogP contribution in [0.25, 0.3) is 16.9 Å². The molecule has 7 nitrogen and oxygen atoms in total. The Morgan fingerprint density at radius 3 is 2.55 bits per heavy atom. The second kappa shape index (κ2) is 9.12. The van der Waals surface area contributed by atoms with Gasteiger partial charge in [-0.25, -0.2) is 4.68 Å². The van der Waals surface area contributed by atoms with Crippen molar-refractivity contribution >= 4 is 11.6 Å². The first-order valence-electron chi connectivity index (χ1n) is 10.7. The molecule has 160 valence electrons. The molecular weight excluding hydrogens is 392 g/mol. The predicted octanol–water partition coefficient (Wildman–Crippen LogP) is 4.64. The number of hydrogen-bond acceptors (Lipinski definition) is 4. The zero-order valence-corrected chi connectivity index (χ0v) is 17.6. The van der Waals surface area contributed by atoms with Crippen LogP contribution in [0.1, 0.15) is 31.7 Å². The number of carbonyl (C=O) groups is 1. The molecule has 0 unspecified atom stereocenters. The third kappa shape index (κ3) is 4.82. The lowest BCUT2D eigenvalue weighted by Crippen LogP contribution is -2.33. The van der Waals surface area contributed by atoms with E-state index in [0.717, 1.165) is 49.2 Å². The van der Waals surface area contributed by atoms with E-state index in [4.69, 9.17) is 5.10 Å². The van der Waals surface area contributed by atoms with Crippen molar-refractivity contribution in [1.29, 1.82) is 0 Å². The summed E-state index contributed by atoms with van der Waals surface area (Å²) in [6, 6.07) is 16.0. The van der Waals surface area contributed by atoms with Gasteiger partial charge in [0, 0.05) is 42.5 Å². The number of benzene rings is 2. The van der Waals surface area contributed by atoms with E-state index in [1.54, 1.807) is 16.8 Å². The van der Waals surface area contributed by atoms with Crippen LogP contribution in [0.3, 0.4) is 0 Å². The van der Waals surface area contributed by atoms with E-state index < -0.39 is 4.92 Å². The summed E-state index contributed by atoms with van der Waals surface area (Å²) in [5.74, 6) is 0.749. The molecule has 1 atom stereocenters. The number of carbonyl (C=O) groups excluding carboxylic acids is 1. The fourth-order valence-corrected chi connectivity index (χ4v) is 4.02. The maximum atomic E-state index is 13.1. The number of nitro benzene ring substituents is 1. The lowest BCUT2D eigenvalue weighted by molar-refractivity contribution is -0.384. The molecule has 0 aliphatic carbocycles. The molecule has 1 aliphatic heterocycles. The number of nitro groups is 1. The number of para-hydroxylation sites is 1. The molecule has 2 heterocycles. The van der Waals surface area contributed by atoms with E-state index in [1.165, 1.54) is 12.1 Å². The lowest BCUT2D eigenvalue weighted by atomic mass is 10.0. The SMILES string of the molecule is C[C@@H]1CCCN(C(=O)Cc2cn(-c3ccccc3)nc2-c2ccc([N+](=O)[O-])cc2)CC1. The zero-order valence-electron chi connectivity index (χ0n) is 17.6. The average Bonchev–Trinajstić information content (AvgIpc) is 3.07. The van der Waals surface area contributed by atoms with Crippen LogP contribution in [0, 0.1) is 16.0 Å². The molecule has 1 fully saturated rings. The van der Waals surface area contributed by atoms with Gasteiger partial charge in [-0.3, -0.25) is 14.9 Å². The quantitative estimate of drug-likeness (QED) is 0.447. The second-order valence-electron chi connectivity index (χ2n) is 8.18. The molecule has 1 saturated heterocycles. The summed E-state index contributed by atoms with van der Waals surface area (Å²) >= 11 is 0. The monoisotopic (exact) mass is 418 g/mol. The van der Waals surface area contributed by atoms with Crippen molar-refractivity contribution in [1.82, 2.24) is 14.7 Å². The molecule has 2 aromatic carbocycles. The number of non-ortho nitro benzene ring substituents is 1. The molecule has 0 saturated carbocycles. The minimum Gasteiger partial charge on any atom is -0.342 e. The van der Waals surface area contributed by atoms with Gasteiger partial charge in [-0.1, -0.05) is 25.1 Å². The summed E-state index contributed by atoms with van der Waals surface area (Å²) in [5.41, 5.74) is 3.18. The van der Waals surface area contributed by atoms with E-state index in [1.807, 2.05) is 41.4 Å². The minimum absolute atomic E-state index is 0.0301. The van der Waals surface area contributed by atoms with E-state index in [0.29, 0.717) is 11.6 Å². The highest BCUT2D eigenvalue weighted by molar-refractivity contribution is 5.81. The van der Waals surface area contributed by atoms with Gasteiger partial charge in [-0.2, -0.15) is 5.10 Å². The molecule has 0 bridgehead atoms. The van der Waals surface area contributed by atoms with Gasteiger partial charge < -0.3 is 4.90 Å². The van der Waals surface area contributed by atoms with Crippen LogP contribution in [-0.4, -0.2) is 38.6 Å². The van der Waals surface area contributed by atoms with Gasteiger partial charge in [-0.05, 0) is 49.4 Å². The molecule has 1 amide bonds. The van der Waals surface area contributed by atoms with Crippen LogP contribution < -0.4 is 0 Å². The summed E-state index contributed by atoms with van der Waals surface area (Å²) in [5, 5.41) is 15.7. The van der Waals surface area contributed by atoms with Gasteiger partial charge in [0.15, 0.2) is 0 Å². The molecule has 4 rings (SSSR count). The smallest absolute Gasteiger partial charge is 0.269 e. The highest BCUT2D eigenvalue weighted by Crippen LogP contribution is 2.27. The largest absolute Gasteiger partial charge is 0.342 e. The predicted molar refractivity (Wildman–Crippen MR) is 119 cm³/mol. The van der Waals surface area contributed by atoms with Crippen LogP contribution >= 0.6 is 0 Å².